The zero-order valence-electron chi connectivity index (χ0n) is 15.4. The standard InChI is InChI=1S/C22H28N2O2/c1-2-21(19-11-7-4-8-12-19)22(25)23-15-20-17-24(13-14-26-20)16-18-9-5-3-6-10-18/h3-12,20-21H,2,13-17H2,1H3,(H,23,25)/t20-,21-/m1/s1. The van der Waals surface area contributed by atoms with Gasteiger partial charge in [-0.25, -0.2) is 0 Å². The zero-order valence-corrected chi connectivity index (χ0v) is 15.4. The Balaban J connectivity index is 1.50. The first-order valence-electron chi connectivity index (χ1n) is 9.46. The zero-order chi connectivity index (χ0) is 18.2. The van der Waals surface area contributed by atoms with Crippen molar-refractivity contribution in [3.05, 3.63) is 71.8 Å². The van der Waals surface area contributed by atoms with Gasteiger partial charge in [-0.3, -0.25) is 9.69 Å². The summed E-state index contributed by atoms with van der Waals surface area (Å²) in [6.45, 7) is 6.03. The highest BCUT2D eigenvalue weighted by Crippen LogP contribution is 2.19. The first-order valence-corrected chi connectivity index (χ1v) is 9.46. The van der Waals surface area contributed by atoms with Crippen LogP contribution in [-0.4, -0.2) is 43.2 Å². The van der Waals surface area contributed by atoms with E-state index in [0.29, 0.717) is 13.2 Å². The smallest absolute Gasteiger partial charge is 0.227 e. The van der Waals surface area contributed by atoms with E-state index < -0.39 is 0 Å². The molecular weight excluding hydrogens is 324 g/mol. The van der Waals surface area contributed by atoms with Gasteiger partial charge in [0.1, 0.15) is 0 Å². The molecule has 4 nitrogen and oxygen atoms in total. The van der Waals surface area contributed by atoms with Gasteiger partial charge in [-0.1, -0.05) is 67.6 Å². The molecule has 1 fully saturated rings. The molecule has 1 N–H and O–H groups in total. The molecule has 0 bridgehead atoms. The van der Waals surface area contributed by atoms with E-state index in [1.54, 1.807) is 0 Å². The normalized spacial score (nSPS) is 19.0. The SMILES string of the molecule is CC[C@@H](C(=O)NC[C@@H]1CN(Cc2ccccc2)CCO1)c1ccccc1. The number of morpholine rings is 1. The number of carbonyl (C=O) groups excluding carboxylic acids is 1. The van der Waals surface area contributed by atoms with Crippen LogP contribution in [0.5, 0.6) is 0 Å². The summed E-state index contributed by atoms with van der Waals surface area (Å²) in [6, 6.07) is 20.5. The average Bonchev–Trinajstić information content (AvgIpc) is 2.69. The molecule has 2 atom stereocenters. The minimum atomic E-state index is -0.0970. The van der Waals surface area contributed by atoms with Crippen molar-refractivity contribution >= 4 is 5.91 Å². The molecule has 0 saturated carbocycles. The summed E-state index contributed by atoms with van der Waals surface area (Å²) in [5, 5.41) is 3.10. The molecule has 0 spiro atoms. The summed E-state index contributed by atoms with van der Waals surface area (Å²) in [7, 11) is 0. The van der Waals surface area contributed by atoms with E-state index in [-0.39, 0.29) is 17.9 Å². The van der Waals surface area contributed by atoms with Crippen LogP contribution in [0.25, 0.3) is 0 Å². The highest BCUT2D eigenvalue weighted by atomic mass is 16.5. The molecule has 138 valence electrons. The molecular formula is C22H28N2O2. The number of ether oxygens (including phenoxy) is 1. The second kappa shape index (κ2) is 9.51. The summed E-state index contributed by atoms with van der Waals surface area (Å²) in [5.41, 5.74) is 2.38. The van der Waals surface area contributed by atoms with Crippen molar-refractivity contribution in [3.8, 4) is 0 Å². The Bertz CT molecular complexity index is 675. The van der Waals surface area contributed by atoms with Gasteiger partial charge in [0.15, 0.2) is 0 Å². The van der Waals surface area contributed by atoms with Crippen LogP contribution in [0, 0.1) is 0 Å². The molecule has 26 heavy (non-hydrogen) atoms. The van der Waals surface area contributed by atoms with Crippen LogP contribution in [0.1, 0.15) is 30.4 Å². The van der Waals surface area contributed by atoms with Gasteiger partial charge in [0, 0.05) is 26.2 Å². The molecule has 2 aromatic carbocycles. The van der Waals surface area contributed by atoms with Crippen LogP contribution in [0.4, 0.5) is 0 Å². The summed E-state index contributed by atoms with van der Waals surface area (Å²) >= 11 is 0. The van der Waals surface area contributed by atoms with Crippen molar-refractivity contribution in [1.82, 2.24) is 10.2 Å². The van der Waals surface area contributed by atoms with Crippen molar-refractivity contribution in [3.63, 3.8) is 0 Å². The molecule has 0 radical (unpaired) electrons. The van der Waals surface area contributed by atoms with Crippen LogP contribution in [0.3, 0.4) is 0 Å². The minimum absolute atomic E-state index is 0.0460. The maximum Gasteiger partial charge on any atom is 0.227 e. The lowest BCUT2D eigenvalue weighted by Crippen LogP contribution is -2.47. The molecule has 1 heterocycles. The van der Waals surface area contributed by atoms with Crippen LogP contribution in [-0.2, 0) is 16.1 Å². The average molecular weight is 352 g/mol. The van der Waals surface area contributed by atoms with Gasteiger partial charge in [0.25, 0.3) is 0 Å². The first-order chi connectivity index (χ1) is 12.8. The second-order valence-corrected chi connectivity index (χ2v) is 6.83. The van der Waals surface area contributed by atoms with Crippen LogP contribution in [0.15, 0.2) is 60.7 Å². The number of carbonyl (C=O) groups is 1. The Hall–Kier alpha value is -2.17. The van der Waals surface area contributed by atoms with Crippen molar-refractivity contribution in [1.29, 1.82) is 0 Å². The third-order valence-corrected chi connectivity index (χ3v) is 4.90. The van der Waals surface area contributed by atoms with E-state index in [0.717, 1.165) is 31.6 Å². The van der Waals surface area contributed by atoms with Crippen LogP contribution >= 0.6 is 0 Å². The van der Waals surface area contributed by atoms with Crippen molar-refractivity contribution in [2.45, 2.75) is 31.9 Å². The lowest BCUT2D eigenvalue weighted by atomic mass is 9.95. The van der Waals surface area contributed by atoms with E-state index in [2.05, 4.69) is 41.4 Å². The Morgan fingerprint density at radius 1 is 1.15 bits per heavy atom. The van der Waals surface area contributed by atoms with Crippen LogP contribution in [0.2, 0.25) is 0 Å². The number of rotatable bonds is 7. The van der Waals surface area contributed by atoms with Gasteiger partial charge < -0.3 is 10.1 Å². The number of nitrogens with one attached hydrogen (secondary N) is 1. The molecule has 1 saturated heterocycles. The summed E-state index contributed by atoms with van der Waals surface area (Å²) in [5.74, 6) is -0.0114. The molecule has 1 aliphatic heterocycles. The van der Waals surface area contributed by atoms with E-state index in [9.17, 15) is 4.79 Å². The summed E-state index contributed by atoms with van der Waals surface area (Å²) < 4.78 is 5.86. The largest absolute Gasteiger partial charge is 0.374 e. The lowest BCUT2D eigenvalue weighted by Gasteiger charge is -2.33. The second-order valence-electron chi connectivity index (χ2n) is 6.83. The quantitative estimate of drug-likeness (QED) is 0.832. The van der Waals surface area contributed by atoms with Gasteiger partial charge in [-0.15, -0.1) is 0 Å². The Kier molecular flexibility index (Phi) is 6.81. The van der Waals surface area contributed by atoms with Gasteiger partial charge >= 0.3 is 0 Å². The van der Waals surface area contributed by atoms with Crippen molar-refractivity contribution < 1.29 is 9.53 Å². The highest BCUT2D eigenvalue weighted by Gasteiger charge is 2.23. The Labute approximate surface area is 156 Å². The van der Waals surface area contributed by atoms with Gasteiger partial charge in [0.2, 0.25) is 5.91 Å². The molecule has 0 unspecified atom stereocenters. The molecule has 1 aliphatic rings. The molecule has 0 aliphatic carbocycles. The van der Waals surface area contributed by atoms with Crippen molar-refractivity contribution in [2.24, 2.45) is 0 Å². The number of nitrogens with zero attached hydrogens (tertiary/aromatic N) is 1. The maximum atomic E-state index is 12.6. The van der Waals surface area contributed by atoms with Gasteiger partial charge in [0.05, 0.1) is 18.6 Å². The third-order valence-electron chi connectivity index (χ3n) is 4.90. The minimum Gasteiger partial charge on any atom is -0.374 e. The molecule has 1 amide bonds. The number of benzene rings is 2. The topological polar surface area (TPSA) is 41.6 Å². The van der Waals surface area contributed by atoms with Crippen LogP contribution < -0.4 is 5.32 Å². The fourth-order valence-electron chi connectivity index (χ4n) is 3.48. The van der Waals surface area contributed by atoms with E-state index >= 15 is 0 Å². The summed E-state index contributed by atoms with van der Waals surface area (Å²) in [4.78, 5) is 15.0. The monoisotopic (exact) mass is 352 g/mol. The third kappa shape index (κ3) is 5.16. The molecule has 3 rings (SSSR count). The van der Waals surface area contributed by atoms with E-state index in [4.69, 9.17) is 4.74 Å². The van der Waals surface area contributed by atoms with Crippen molar-refractivity contribution in [2.75, 3.05) is 26.2 Å². The predicted molar refractivity (Wildman–Crippen MR) is 104 cm³/mol. The Morgan fingerprint density at radius 2 is 1.85 bits per heavy atom. The lowest BCUT2D eigenvalue weighted by molar-refractivity contribution is -0.123. The molecule has 2 aromatic rings. The highest BCUT2D eigenvalue weighted by molar-refractivity contribution is 5.83. The number of hydrogen-bond acceptors (Lipinski definition) is 3. The molecule has 0 aromatic heterocycles. The predicted octanol–water partition coefficient (Wildman–Crippen LogP) is 3.20. The maximum absolute atomic E-state index is 12.6. The first kappa shape index (κ1) is 18.6. The number of amides is 1. The van der Waals surface area contributed by atoms with E-state index in [1.807, 2.05) is 36.4 Å². The fourth-order valence-corrected chi connectivity index (χ4v) is 3.48. The molecule has 4 heteroatoms. The number of hydrogen-bond donors (Lipinski definition) is 1. The van der Waals surface area contributed by atoms with E-state index in [1.165, 1.54) is 5.56 Å². The summed E-state index contributed by atoms with van der Waals surface area (Å²) in [6.07, 6.45) is 0.839. The Morgan fingerprint density at radius 3 is 2.54 bits per heavy atom. The fraction of sp³-hybridized carbons (Fsp3) is 0.409. The van der Waals surface area contributed by atoms with Gasteiger partial charge in [-0.2, -0.15) is 0 Å². The van der Waals surface area contributed by atoms with Gasteiger partial charge in [-0.05, 0) is 17.5 Å².